The molecular weight excluding hydrogens is 206 g/mol. The van der Waals surface area contributed by atoms with Crippen LogP contribution in [0.1, 0.15) is 60.8 Å². The molecule has 0 radical (unpaired) electrons. The molecule has 0 amide bonds. The van der Waals surface area contributed by atoms with E-state index in [0.29, 0.717) is 17.3 Å². The highest BCUT2D eigenvalue weighted by molar-refractivity contribution is 7.83. The lowest BCUT2D eigenvalue weighted by atomic mass is 10.2. The summed E-state index contributed by atoms with van der Waals surface area (Å²) in [5.74, 6) is 0. The topological polar surface area (TPSA) is 20.3 Å². The van der Waals surface area contributed by atoms with Crippen LogP contribution in [0, 0.1) is 0 Å². The third-order valence-corrected chi connectivity index (χ3v) is 4.98. The van der Waals surface area contributed by atoms with E-state index in [4.69, 9.17) is 0 Å². The van der Waals surface area contributed by atoms with Crippen LogP contribution in [0.2, 0.25) is 0 Å². The van der Waals surface area contributed by atoms with Crippen molar-refractivity contribution in [3.05, 3.63) is 0 Å². The van der Waals surface area contributed by atoms with Gasteiger partial charge in [0.15, 0.2) is 0 Å². The second-order valence-corrected chi connectivity index (χ2v) is 6.28. The molecule has 92 valence electrons. The van der Waals surface area contributed by atoms with Gasteiger partial charge < -0.3 is 0 Å². The summed E-state index contributed by atoms with van der Waals surface area (Å²) in [5, 5.41) is 0.333. The number of nitrogens with zero attached hydrogens (tertiary/aromatic N) is 1. The first-order chi connectivity index (χ1) is 6.95. The molecule has 2 nitrogen and oxygen atoms in total. The standard InChI is InChI=1S/C12H27NOS/c1-7-9-12(8-2)15(14)13(10(3)4)11(5)6/h10-12H,7-9H2,1-6H3. The number of hydrogen-bond donors (Lipinski definition) is 0. The zero-order chi connectivity index (χ0) is 12.0. The van der Waals surface area contributed by atoms with Crippen molar-refractivity contribution in [1.82, 2.24) is 4.31 Å². The lowest BCUT2D eigenvalue weighted by molar-refractivity contribution is 0.316. The van der Waals surface area contributed by atoms with Crippen LogP contribution in [0.15, 0.2) is 0 Å². The molecule has 0 bridgehead atoms. The van der Waals surface area contributed by atoms with Crippen LogP contribution < -0.4 is 0 Å². The van der Waals surface area contributed by atoms with Crippen LogP contribution in [0.3, 0.4) is 0 Å². The minimum Gasteiger partial charge on any atom is -0.242 e. The maximum atomic E-state index is 12.4. The summed E-state index contributed by atoms with van der Waals surface area (Å²) in [7, 11) is -0.822. The Morgan fingerprint density at radius 1 is 1.07 bits per heavy atom. The Balaban J connectivity index is 4.60. The van der Waals surface area contributed by atoms with E-state index in [1.54, 1.807) is 0 Å². The first-order valence-electron chi connectivity index (χ1n) is 6.14. The quantitative estimate of drug-likeness (QED) is 0.660. The predicted molar refractivity (Wildman–Crippen MR) is 69.2 cm³/mol. The maximum Gasteiger partial charge on any atom is 0.0978 e. The lowest BCUT2D eigenvalue weighted by Crippen LogP contribution is -2.42. The van der Waals surface area contributed by atoms with E-state index < -0.39 is 11.0 Å². The normalized spacial score (nSPS) is 16.3. The van der Waals surface area contributed by atoms with Crippen LogP contribution in [-0.4, -0.2) is 25.8 Å². The molecule has 0 heterocycles. The Morgan fingerprint density at radius 3 is 1.80 bits per heavy atom. The van der Waals surface area contributed by atoms with Crippen LogP contribution in [0.4, 0.5) is 0 Å². The van der Waals surface area contributed by atoms with Crippen LogP contribution in [-0.2, 0) is 11.0 Å². The molecule has 0 aliphatic rings. The minimum atomic E-state index is -0.822. The first kappa shape index (κ1) is 15.1. The molecule has 0 aliphatic carbocycles. The van der Waals surface area contributed by atoms with Gasteiger partial charge in [0.2, 0.25) is 0 Å². The van der Waals surface area contributed by atoms with Gasteiger partial charge >= 0.3 is 0 Å². The molecule has 0 saturated heterocycles. The SMILES string of the molecule is CCCC(CC)S(=O)N(C(C)C)C(C)C. The highest BCUT2D eigenvalue weighted by Crippen LogP contribution is 2.18. The molecule has 0 aromatic rings. The van der Waals surface area contributed by atoms with Crippen LogP contribution >= 0.6 is 0 Å². The van der Waals surface area contributed by atoms with Crippen molar-refractivity contribution in [2.75, 3.05) is 0 Å². The van der Waals surface area contributed by atoms with Gasteiger partial charge in [-0.25, -0.2) is 8.51 Å². The van der Waals surface area contributed by atoms with E-state index in [-0.39, 0.29) is 0 Å². The van der Waals surface area contributed by atoms with Crippen molar-refractivity contribution in [3.8, 4) is 0 Å². The van der Waals surface area contributed by atoms with E-state index in [1.165, 1.54) is 0 Å². The second-order valence-electron chi connectivity index (χ2n) is 4.64. The molecule has 0 rings (SSSR count). The van der Waals surface area contributed by atoms with Gasteiger partial charge in [0.05, 0.1) is 11.0 Å². The Kier molecular flexibility index (Phi) is 7.45. The summed E-state index contributed by atoms with van der Waals surface area (Å²) in [6, 6.07) is 0.716. The van der Waals surface area contributed by atoms with Crippen molar-refractivity contribution in [2.45, 2.75) is 78.1 Å². The van der Waals surface area contributed by atoms with Gasteiger partial charge in [0, 0.05) is 17.3 Å². The molecule has 0 fully saturated rings. The van der Waals surface area contributed by atoms with E-state index >= 15 is 0 Å². The Hall–Kier alpha value is 0.110. The van der Waals surface area contributed by atoms with Gasteiger partial charge in [-0.2, -0.15) is 0 Å². The molecule has 0 aromatic heterocycles. The highest BCUT2D eigenvalue weighted by atomic mass is 32.2. The molecule has 0 saturated carbocycles. The monoisotopic (exact) mass is 233 g/mol. The summed E-state index contributed by atoms with van der Waals surface area (Å²) >= 11 is 0. The molecule has 0 spiro atoms. The van der Waals surface area contributed by atoms with Gasteiger partial charge in [0.1, 0.15) is 0 Å². The Bertz CT molecular complexity index is 184. The third-order valence-electron chi connectivity index (χ3n) is 2.58. The summed E-state index contributed by atoms with van der Waals surface area (Å²) in [6.45, 7) is 12.8. The van der Waals surface area contributed by atoms with E-state index in [1.807, 2.05) is 0 Å². The van der Waals surface area contributed by atoms with E-state index in [9.17, 15) is 4.21 Å². The molecule has 2 unspecified atom stereocenters. The molecule has 0 N–H and O–H groups in total. The molecular formula is C12H27NOS. The summed E-state index contributed by atoms with van der Waals surface area (Å²) in [4.78, 5) is 0. The maximum absolute atomic E-state index is 12.4. The van der Waals surface area contributed by atoms with Gasteiger partial charge in [-0.15, -0.1) is 0 Å². The Morgan fingerprint density at radius 2 is 1.53 bits per heavy atom. The fourth-order valence-electron chi connectivity index (χ4n) is 1.95. The van der Waals surface area contributed by atoms with Crippen molar-refractivity contribution in [2.24, 2.45) is 0 Å². The van der Waals surface area contributed by atoms with Gasteiger partial charge in [-0.1, -0.05) is 20.3 Å². The van der Waals surface area contributed by atoms with Crippen molar-refractivity contribution >= 4 is 11.0 Å². The smallest absolute Gasteiger partial charge is 0.0978 e. The van der Waals surface area contributed by atoms with Crippen molar-refractivity contribution in [1.29, 1.82) is 0 Å². The average molecular weight is 233 g/mol. The number of rotatable bonds is 7. The third kappa shape index (κ3) is 4.64. The van der Waals surface area contributed by atoms with Crippen molar-refractivity contribution in [3.63, 3.8) is 0 Å². The Labute approximate surface area is 98.0 Å². The minimum absolute atomic E-state index is 0.333. The molecule has 2 atom stereocenters. The molecule has 0 aromatic carbocycles. The average Bonchev–Trinajstić information content (AvgIpc) is 2.12. The first-order valence-corrected chi connectivity index (χ1v) is 7.31. The number of hydrogen-bond acceptors (Lipinski definition) is 1. The zero-order valence-corrected chi connectivity index (χ0v) is 11.9. The molecule has 0 aliphatic heterocycles. The predicted octanol–water partition coefficient (Wildman–Crippen LogP) is 3.35. The fraction of sp³-hybridized carbons (Fsp3) is 1.00. The van der Waals surface area contributed by atoms with Gasteiger partial charge in [0.25, 0.3) is 0 Å². The van der Waals surface area contributed by atoms with E-state index in [0.717, 1.165) is 19.3 Å². The molecule has 3 heteroatoms. The van der Waals surface area contributed by atoms with Gasteiger partial charge in [-0.3, -0.25) is 0 Å². The lowest BCUT2D eigenvalue weighted by Gasteiger charge is -2.32. The largest absolute Gasteiger partial charge is 0.242 e. The van der Waals surface area contributed by atoms with Crippen molar-refractivity contribution < 1.29 is 4.21 Å². The molecule has 15 heavy (non-hydrogen) atoms. The van der Waals surface area contributed by atoms with Gasteiger partial charge in [-0.05, 0) is 40.5 Å². The van der Waals surface area contributed by atoms with E-state index in [2.05, 4.69) is 45.8 Å². The second kappa shape index (κ2) is 7.39. The van der Waals surface area contributed by atoms with Crippen LogP contribution in [0.5, 0.6) is 0 Å². The fourth-order valence-corrected chi connectivity index (χ4v) is 3.85. The summed E-state index contributed by atoms with van der Waals surface area (Å²) < 4.78 is 14.5. The highest BCUT2D eigenvalue weighted by Gasteiger charge is 2.25. The summed E-state index contributed by atoms with van der Waals surface area (Å²) in [5.41, 5.74) is 0. The van der Waals surface area contributed by atoms with Crippen LogP contribution in [0.25, 0.3) is 0 Å². The summed E-state index contributed by atoms with van der Waals surface area (Å²) in [6.07, 6.45) is 3.20. The zero-order valence-electron chi connectivity index (χ0n) is 11.1.